The molecule has 0 aliphatic rings. The fourth-order valence-electron chi connectivity index (χ4n) is 2.08. The van der Waals surface area contributed by atoms with Crippen LogP contribution in [0.1, 0.15) is 12.5 Å². The molecule has 0 aromatic heterocycles. The minimum absolute atomic E-state index is 0.0890. The second kappa shape index (κ2) is 6.88. The van der Waals surface area contributed by atoms with Crippen molar-refractivity contribution in [3.8, 4) is 5.75 Å². The quantitative estimate of drug-likeness (QED) is 0.841. The third-order valence-electron chi connectivity index (χ3n) is 3.12. The Bertz CT molecular complexity index is 628. The molecular formula is C17H18FNO2. The summed E-state index contributed by atoms with van der Waals surface area (Å²) in [5.74, 6) is -0.582. The zero-order valence-electron chi connectivity index (χ0n) is 12.2. The predicted molar refractivity (Wildman–Crippen MR) is 81.1 cm³/mol. The Kier molecular flexibility index (Phi) is 4.93. The molecule has 0 aliphatic carbocycles. The molecule has 2 rings (SSSR count). The van der Waals surface area contributed by atoms with Crippen LogP contribution in [0.5, 0.6) is 5.75 Å². The SMILES string of the molecule is CCN(C(=O)COc1ccccc1F)c1cccc(C)c1. The largest absolute Gasteiger partial charge is 0.481 e. The molecule has 0 N–H and O–H groups in total. The van der Waals surface area contributed by atoms with E-state index in [9.17, 15) is 9.18 Å². The number of aryl methyl sites for hydroxylation is 1. The highest BCUT2D eigenvalue weighted by Gasteiger charge is 2.15. The van der Waals surface area contributed by atoms with E-state index in [1.807, 2.05) is 38.1 Å². The molecule has 21 heavy (non-hydrogen) atoms. The highest BCUT2D eigenvalue weighted by molar-refractivity contribution is 5.94. The number of benzene rings is 2. The van der Waals surface area contributed by atoms with E-state index >= 15 is 0 Å². The summed E-state index contributed by atoms with van der Waals surface area (Å²) in [5, 5.41) is 0. The van der Waals surface area contributed by atoms with Crippen molar-refractivity contribution in [2.75, 3.05) is 18.1 Å². The molecule has 0 fully saturated rings. The average Bonchev–Trinajstić information content (AvgIpc) is 2.47. The first kappa shape index (κ1) is 15.0. The van der Waals surface area contributed by atoms with Crippen LogP contribution in [0.2, 0.25) is 0 Å². The average molecular weight is 287 g/mol. The van der Waals surface area contributed by atoms with E-state index in [0.717, 1.165) is 11.3 Å². The number of rotatable bonds is 5. The zero-order chi connectivity index (χ0) is 15.2. The molecule has 2 aromatic rings. The second-order valence-electron chi connectivity index (χ2n) is 4.70. The van der Waals surface area contributed by atoms with Crippen molar-refractivity contribution in [2.24, 2.45) is 0 Å². The van der Waals surface area contributed by atoms with Gasteiger partial charge in [0.2, 0.25) is 0 Å². The van der Waals surface area contributed by atoms with Crippen LogP contribution in [0.25, 0.3) is 0 Å². The molecule has 0 aliphatic heterocycles. The molecule has 0 heterocycles. The summed E-state index contributed by atoms with van der Waals surface area (Å²) in [6.45, 7) is 4.20. The molecule has 0 saturated heterocycles. The maximum atomic E-state index is 13.4. The monoisotopic (exact) mass is 287 g/mol. The Balaban J connectivity index is 2.06. The number of hydrogen-bond donors (Lipinski definition) is 0. The van der Waals surface area contributed by atoms with Crippen molar-refractivity contribution in [2.45, 2.75) is 13.8 Å². The van der Waals surface area contributed by atoms with Gasteiger partial charge in [-0.05, 0) is 43.7 Å². The lowest BCUT2D eigenvalue weighted by molar-refractivity contribution is -0.120. The number of ether oxygens (including phenoxy) is 1. The first-order valence-corrected chi connectivity index (χ1v) is 6.86. The van der Waals surface area contributed by atoms with Crippen LogP contribution in [-0.2, 0) is 4.79 Å². The summed E-state index contributed by atoms with van der Waals surface area (Å²) in [6, 6.07) is 13.7. The van der Waals surface area contributed by atoms with E-state index in [1.54, 1.807) is 17.0 Å². The molecule has 0 bridgehead atoms. The highest BCUT2D eigenvalue weighted by Crippen LogP contribution is 2.18. The minimum atomic E-state index is -0.469. The molecule has 0 atom stereocenters. The maximum absolute atomic E-state index is 13.4. The molecule has 4 heteroatoms. The lowest BCUT2D eigenvalue weighted by Gasteiger charge is -2.21. The minimum Gasteiger partial charge on any atom is -0.481 e. The molecule has 0 radical (unpaired) electrons. The topological polar surface area (TPSA) is 29.5 Å². The Morgan fingerprint density at radius 1 is 1.19 bits per heavy atom. The molecule has 3 nitrogen and oxygen atoms in total. The van der Waals surface area contributed by atoms with Crippen molar-refractivity contribution in [1.29, 1.82) is 0 Å². The van der Waals surface area contributed by atoms with Gasteiger partial charge in [0.1, 0.15) is 0 Å². The Morgan fingerprint density at radius 3 is 2.62 bits per heavy atom. The first-order valence-electron chi connectivity index (χ1n) is 6.86. The Hall–Kier alpha value is -2.36. The summed E-state index contributed by atoms with van der Waals surface area (Å²) in [5.41, 5.74) is 1.90. The van der Waals surface area contributed by atoms with E-state index in [0.29, 0.717) is 6.54 Å². The van der Waals surface area contributed by atoms with Crippen LogP contribution in [-0.4, -0.2) is 19.1 Å². The van der Waals surface area contributed by atoms with Crippen molar-refractivity contribution >= 4 is 11.6 Å². The lowest BCUT2D eigenvalue weighted by Crippen LogP contribution is -2.34. The first-order chi connectivity index (χ1) is 10.1. The number of anilines is 1. The number of carbonyl (C=O) groups is 1. The fraction of sp³-hybridized carbons (Fsp3) is 0.235. The summed E-state index contributed by atoms with van der Waals surface area (Å²) < 4.78 is 18.7. The van der Waals surface area contributed by atoms with Gasteiger partial charge in [-0.2, -0.15) is 0 Å². The normalized spacial score (nSPS) is 10.2. The van der Waals surface area contributed by atoms with E-state index in [-0.39, 0.29) is 18.3 Å². The molecule has 0 unspecified atom stereocenters. The van der Waals surface area contributed by atoms with Gasteiger partial charge in [0, 0.05) is 12.2 Å². The van der Waals surface area contributed by atoms with Gasteiger partial charge >= 0.3 is 0 Å². The number of halogens is 1. The maximum Gasteiger partial charge on any atom is 0.264 e. The van der Waals surface area contributed by atoms with Gasteiger partial charge in [0.05, 0.1) is 0 Å². The van der Waals surface area contributed by atoms with Crippen LogP contribution in [0.3, 0.4) is 0 Å². The summed E-state index contributed by atoms with van der Waals surface area (Å²) >= 11 is 0. The lowest BCUT2D eigenvalue weighted by atomic mass is 10.2. The molecule has 0 saturated carbocycles. The van der Waals surface area contributed by atoms with Crippen molar-refractivity contribution in [1.82, 2.24) is 0 Å². The molecular weight excluding hydrogens is 269 g/mol. The van der Waals surface area contributed by atoms with Crippen molar-refractivity contribution < 1.29 is 13.9 Å². The third-order valence-corrected chi connectivity index (χ3v) is 3.12. The summed E-state index contributed by atoms with van der Waals surface area (Å²) in [7, 11) is 0. The standard InChI is InChI=1S/C17H18FNO2/c1-3-19(14-8-6-7-13(2)11-14)17(20)12-21-16-10-5-4-9-15(16)18/h4-11H,3,12H2,1-2H3. The van der Waals surface area contributed by atoms with E-state index in [2.05, 4.69) is 0 Å². The van der Waals surface area contributed by atoms with Crippen molar-refractivity contribution in [3.63, 3.8) is 0 Å². The van der Waals surface area contributed by atoms with Crippen LogP contribution in [0.15, 0.2) is 48.5 Å². The second-order valence-corrected chi connectivity index (χ2v) is 4.70. The van der Waals surface area contributed by atoms with E-state index in [4.69, 9.17) is 4.74 Å². The number of para-hydroxylation sites is 1. The highest BCUT2D eigenvalue weighted by atomic mass is 19.1. The van der Waals surface area contributed by atoms with E-state index < -0.39 is 5.82 Å². The number of likely N-dealkylation sites (N-methyl/N-ethyl adjacent to an activating group) is 1. The fourth-order valence-corrected chi connectivity index (χ4v) is 2.08. The molecule has 0 spiro atoms. The van der Waals surface area contributed by atoms with Gasteiger partial charge in [0.25, 0.3) is 5.91 Å². The zero-order valence-corrected chi connectivity index (χ0v) is 12.2. The van der Waals surface area contributed by atoms with Gasteiger partial charge in [0.15, 0.2) is 18.2 Å². The molecule has 110 valence electrons. The number of carbonyl (C=O) groups excluding carboxylic acids is 1. The smallest absolute Gasteiger partial charge is 0.264 e. The van der Waals surface area contributed by atoms with Gasteiger partial charge < -0.3 is 9.64 Å². The number of hydrogen-bond acceptors (Lipinski definition) is 2. The van der Waals surface area contributed by atoms with Crippen LogP contribution < -0.4 is 9.64 Å². The summed E-state index contributed by atoms with van der Waals surface area (Å²) in [6.07, 6.45) is 0. The molecule has 2 aromatic carbocycles. The van der Waals surface area contributed by atoms with Crippen LogP contribution in [0.4, 0.5) is 10.1 Å². The molecule has 1 amide bonds. The van der Waals surface area contributed by atoms with Crippen LogP contribution >= 0.6 is 0 Å². The van der Waals surface area contributed by atoms with Gasteiger partial charge in [-0.15, -0.1) is 0 Å². The van der Waals surface area contributed by atoms with Crippen LogP contribution in [0, 0.1) is 12.7 Å². The number of amides is 1. The Labute approximate surface area is 124 Å². The number of nitrogens with zero attached hydrogens (tertiary/aromatic N) is 1. The Morgan fingerprint density at radius 2 is 1.95 bits per heavy atom. The van der Waals surface area contributed by atoms with Crippen molar-refractivity contribution in [3.05, 3.63) is 59.9 Å². The van der Waals surface area contributed by atoms with Gasteiger partial charge in [-0.25, -0.2) is 4.39 Å². The summed E-state index contributed by atoms with van der Waals surface area (Å²) in [4.78, 5) is 13.9. The van der Waals surface area contributed by atoms with Gasteiger partial charge in [-0.3, -0.25) is 4.79 Å². The van der Waals surface area contributed by atoms with E-state index in [1.165, 1.54) is 12.1 Å². The van der Waals surface area contributed by atoms with Gasteiger partial charge in [-0.1, -0.05) is 24.3 Å². The third kappa shape index (κ3) is 3.81. The predicted octanol–water partition coefficient (Wildman–Crippen LogP) is 3.57.